The van der Waals surface area contributed by atoms with Crippen LogP contribution in [0.1, 0.15) is 136 Å². The van der Waals surface area contributed by atoms with E-state index in [1.165, 1.54) is 109 Å². The number of hydrogen-bond donors (Lipinski definition) is 1. The number of halogens is 1. The van der Waals surface area contributed by atoms with Crippen molar-refractivity contribution in [1.29, 1.82) is 0 Å². The Bertz CT molecular complexity index is 363. The molecule has 1 saturated heterocycles. The molecule has 3 unspecified atom stereocenters. The second-order valence-electron chi connectivity index (χ2n) is 10.1. The lowest BCUT2D eigenvalue weighted by molar-refractivity contribution is 0.0705. The second kappa shape index (κ2) is 14.8. The lowest BCUT2D eigenvalue weighted by atomic mass is 9.74. The first-order chi connectivity index (χ1) is 13.7. The summed E-state index contributed by atoms with van der Waals surface area (Å²) in [5.74, 6) is 1.98. The molecule has 1 heterocycles. The number of piperidine rings is 1. The van der Waals surface area contributed by atoms with Gasteiger partial charge in [0, 0.05) is 12.0 Å². The summed E-state index contributed by atoms with van der Waals surface area (Å²) < 4.78 is 14.7. The summed E-state index contributed by atoms with van der Waals surface area (Å²) in [4.78, 5) is 0. The number of nitrogens with one attached hydrogen (secondary N) is 1. The number of hydrogen-bond acceptors (Lipinski definition) is 1. The lowest BCUT2D eigenvalue weighted by Gasteiger charge is -2.40. The minimum Gasteiger partial charge on any atom is -0.285 e. The molecule has 2 rings (SSSR count). The van der Waals surface area contributed by atoms with Gasteiger partial charge in [-0.05, 0) is 43.9 Å². The molecule has 166 valence electrons. The fourth-order valence-electron chi connectivity index (χ4n) is 5.73. The summed E-state index contributed by atoms with van der Waals surface area (Å²) in [5.41, 5.74) is 0. The van der Waals surface area contributed by atoms with Crippen molar-refractivity contribution < 1.29 is 4.39 Å². The van der Waals surface area contributed by atoms with Crippen LogP contribution in [0.15, 0.2) is 0 Å². The van der Waals surface area contributed by atoms with Gasteiger partial charge in [0.2, 0.25) is 0 Å². The van der Waals surface area contributed by atoms with Crippen molar-refractivity contribution in [1.82, 2.24) is 5.32 Å². The van der Waals surface area contributed by atoms with Crippen LogP contribution in [0.2, 0.25) is 0 Å². The van der Waals surface area contributed by atoms with Crippen LogP contribution in [0.5, 0.6) is 0 Å². The highest BCUT2D eigenvalue weighted by atomic mass is 19.1. The number of unbranched alkanes of at least 4 members (excludes halogenated alkanes) is 9. The number of alkyl halides is 1. The van der Waals surface area contributed by atoms with Crippen molar-refractivity contribution in [3.8, 4) is 0 Å². The molecule has 1 saturated carbocycles. The van der Waals surface area contributed by atoms with Crippen molar-refractivity contribution in [3.05, 3.63) is 0 Å². The van der Waals surface area contributed by atoms with Gasteiger partial charge in [-0.3, -0.25) is 5.32 Å². The molecule has 0 aromatic rings. The summed E-state index contributed by atoms with van der Waals surface area (Å²) in [6.07, 6.45) is 24.5. The van der Waals surface area contributed by atoms with Crippen molar-refractivity contribution in [3.63, 3.8) is 0 Å². The van der Waals surface area contributed by atoms with E-state index in [-0.39, 0.29) is 5.92 Å². The Kier molecular flexibility index (Phi) is 12.8. The van der Waals surface area contributed by atoms with Gasteiger partial charge in [0.25, 0.3) is 0 Å². The van der Waals surface area contributed by atoms with E-state index in [0.29, 0.717) is 6.04 Å². The summed E-state index contributed by atoms with van der Waals surface area (Å²) in [5, 5.41) is 3.41. The van der Waals surface area contributed by atoms with E-state index in [4.69, 9.17) is 0 Å². The molecular formula is C26H50FN. The smallest absolute Gasteiger partial charge is 0.154 e. The van der Waals surface area contributed by atoms with Gasteiger partial charge in [-0.1, -0.05) is 104 Å². The summed E-state index contributed by atoms with van der Waals surface area (Å²) in [7, 11) is 0. The predicted octanol–water partition coefficient (Wildman–Crippen LogP) is 8.57. The highest BCUT2D eigenvalue weighted by Crippen LogP contribution is 2.37. The fraction of sp³-hybridized carbons (Fsp3) is 1.00. The predicted molar refractivity (Wildman–Crippen MR) is 121 cm³/mol. The first-order valence-corrected chi connectivity index (χ1v) is 13.1. The molecule has 2 heteroatoms. The molecule has 0 amide bonds. The molecule has 0 radical (unpaired) electrons. The third kappa shape index (κ3) is 9.14. The molecule has 1 aliphatic heterocycles. The van der Waals surface area contributed by atoms with Gasteiger partial charge in [-0.25, -0.2) is 4.39 Å². The van der Waals surface area contributed by atoms with Gasteiger partial charge in [0.15, 0.2) is 6.30 Å². The standard InChI is InChI=1S/C26H50FN/c1-3-5-7-8-9-10-11-13-15-24-20-21-25(28-26(24)27)23-18-16-22(17-19-23)14-12-6-4-2/h22-26,28H,3-21H2,1-2H3. The van der Waals surface area contributed by atoms with Crippen molar-refractivity contribution in [2.24, 2.45) is 17.8 Å². The van der Waals surface area contributed by atoms with E-state index in [1.807, 2.05) is 0 Å². The van der Waals surface area contributed by atoms with E-state index < -0.39 is 6.30 Å². The maximum absolute atomic E-state index is 14.7. The zero-order valence-electron chi connectivity index (χ0n) is 19.2. The van der Waals surface area contributed by atoms with Crippen molar-refractivity contribution in [2.75, 3.05) is 0 Å². The topological polar surface area (TPSA) is 12.0 Å². The third-order valence-electron chi connectivity index (χ3n) is 7.74. The van der Waals surface area contributed by atoms with E-state index in [2.05, 4.69) is 19.2 Å². The fourth-order valence-corrected chi connectivity index (χ4v) is 5.73. The van der Waals surface area contributed by atoms with Gasteiger partial charge in [0.1, 0.15) is 0 Å². The zero-order chi connectivity index (χ0) is 20.0. The van der Waals surface area contributed by atoms with Crippen LogP contribution in [-0.4, -0.2) is 12.3 Å². The molecule has 2 fully saturated rings. The van der Waals surface area contributed by atoms with Crippen molar-refractivity contribution in [2.45, 2.75) is 148 Å². The maximum atomic E-state index is 14.7. The first-order valence-electron chi connectivity index (χ1n) is 13.1. The molecule has 28 heavy (non-hydrogen) atoms. The highest BCUT2D eigenvalue weighted by Gasteiger charge is 2.35. The van der Waals surface area contributed by atoms with Crippen LogP contribution >= 0.6 is 0 Å². The molecule has 1 N–H and O–H groups in total. The van der Waals surface area contributed by atoms with Gasteiger partial charge in [-0.2, -0.15) is 0 Å². The molecule has 0 spiro atoms. The average Bonchev–Trinajstić information content (AvgIpc) is 2.72. The summed E-state index contributed by atoms with van der Waals surface area (Å²) in [6, 6.07) is 0.460. The summed E-state index contributed by atoms with van der Waals surface area (Å²) in [6.45, 7) is 4.57. The SMILES string of the molecule is CCCCCCCCCCC1CCC(C2CCC(CCCCC)CC2)NC1F. The van der Waals surface area contributed by atoms with Crippen LogP contribution in [0.4, 0.5) is 4.39 Å². The van der Waals surface area contributed by atoms with E-state index in [9.17, 15) is 4.39 Å². The molecule has 3 atom stereocenters. The third-order valence-corrected chi connectivity index (χ3v) is 7.74. The normalized spacial score (nSPS) is 31.2. The van der Waals surface area contributed by atoms with Gasteiger partial charge in [-0.15, -0.1) is 0 Å². The molecule has 1 nitrogen and oxygen atoms in total. The molecule has 0 aromatic heterocycles. The van der Waals surface area contributed by atoms with Crippen LogP contribution in [0, 0.1) is 17.8 Å². The van der Waals surface area contributed by atoms with Crippen molar-refractivity contribution >= 4 is 0 Å². The molecular weight excluding hydrogens is 345 g/mol. The van der Waals surface area contributed by atoms with Gasteiger partial charge >= 0.3 is 0 Å². The Labute approximate surface area is 176 Å². The van der Waals surface area contributed by atoms with Crippen LogP contribution in [0.25, 0.3) is 0 Å². The Morgan fingerprint density at radius 2 is 1.21 bits per heavy atom. The van der Waals surface area contributed by atoms with E-state index >= 15 is 0 Å². The Balaban J connectivity index is 1.53. The maximum Gasteiger partial charge on any atom is 0.154 e. The Morgan fingerprint density at radius 3 is 1.86 bits per heavy atom. The molecule has 0 aromatic carbocycles. The number of rotatable bonds is 14. The monoisotopic (exact) mass is 395 g/mol. The lowest BCUT2D eigenvalue weighted by Crippen LogP contribution is -2.49. The van der Waals surface area contributed by atoms with Gasteiger partial charge < -0.3 is 0 Å². The minimum atomic E-state index is -0.745. The second-order valence-corrected chi connectivity index (χ2v) is 10.1. The Hall–Kier alpha value is -0.110. The van der Waals surface area contributed by atoms with E-state index in [0.717, 1.165) is 24.7 Å². The van der Waals surface area contributed by atoms with Crippen LogP contribution in [-0.2, 0) is 0 Å². The quantitative estimate of drug-likeness (QED) is 0.229. The van der Waals surface area contributed by atoms with Gasteiger partial charge in [0.05, 0.1) is 0 Å². The molecule has 2 aliphatic rings. The molecule has 1 aliphatic carbocycles. The van der Waals surface area contributed by atoms with E-state index in [1.54, 1.807) is 0 Å². The van der Waals surface area contributed by atoms with Crippen LogP contribution < -0.4 is 5.32 Å². The highest BCUT2D eigenvalue weighted by molar-refractivity contribution is 4.88. The Morgan fingerprint density at radius 1 is 0.643 bits per heavy atom. The zero-order valence-corrected chi connectivity index (χ0v) is 19.2. The van der Waals surface area contributed by atoms with Crippen LogP contribution in [0.3, 0.4) is 0 Å². The summed E-state index contributed by atoms with van der Waals surface area (Å²) >= 11 is 0. The average molecular weight is 396 g/mol. The minimum absolute atomic E-state index is 0.279. The first kappa shape index (κ1) is 24.2. The largest absolute Gasteiger partial charge is 0.285 e. The molecule has 0 bridgehead atoms.